The van der Waals surface area contributed by atoms with Gasteiger partial charge in [0.05, 0.1) is 10.7 Å². The second-order valence-electron chi connectivity index (χ2n) is 7.45. The van der Waals surface area contributed by atoms with Gasteiger partial charge in [0.1, 0.15) is 4.88 Å². The number of aryl methyl sites for hydroxylation is 4. The molecule has 32 heavy (non-hydrogen) atoms. The third-order valence-corrected chi connectivity index (χ3v) is 6.76. The Morgan fingerprint density at radius 2 is 1.62 bits per heavy atom. The number of hydrogen-bond donors (Lipinski definition) is 2. The molecule has 0 fully saturated rings. The second kappa shape index (κ2) is 11.2. The van der Waals surface area contributed by atoms with Crippen LogP contribution >= 0.6 is 23.1 Å². The molecule has 168 valence electrons. The highest BCUT2D eigenvalue weighted by Crippen LogP contribution is 2.21. The van der Waals surface area contributed by atoms with E-state index in [0.29, 0.717) is 21.9 Å². The molecule has 2 N–H and O–H groups in total. The third-order valence-electron chi connectivity index (χ3n) is 4.63. The Morgan fingerprint density at radius 3 is 2.28 bits per heavy atom. The zero-order valence-electron chi connectivity index (χ0n) is 18.7. The minimum absolute atomic E-state index is 0.349. The maximum absolute atomic E-state index is 12.4. The van der Waals surface area contributed by atoms with Crippen LogP contribution in [-0.2, 0) is 12.2 Å². The topological polar surface area (TPSA) is 96.9 Å². The van der Waals surface area contributed by atoms with Crippen LogP contribution in [0.25, 0.3) is 0 Å². The number of carbonyl (C=O) groups excluding carboxylic acids is 2. The van der Waals surface area contributed by atoms with Gasteiger partial charge in [0, 0.05) is 22.7 Å². The van der Waals surface area contributed by atoms with Crippen LogP contribution in [0.3, 0.4) is 0 Å². The highest BCUT2D eigenvalue weighted by Gasteiger charge is 2.16. The predicted molar refractivity (Wildman–Crippen MR) is 128 cm³/mol. The van der Waals surface area contributed by atoms with Crippen molar-refractivity contribution in [3.05, 3.63) is 68.4 Å². The summed E-state index contributed by atoms with van der Waals surface area (Å²) >= 11 is 2.93. The van der Waals surface area contributed by atoms with Crippen LogP contribution in [0.5, 0.6) is 0 Å². The molecule has 0 atom stereocenters. The fourth-order valence-corrected chi connectivity index (χ4v) is 4.91. The monoisotopic (exact) mass is 469 g/mol. The normalized spacial score (nSPS) is 10.8. The van der Waals surface area contributed by atoms with Gasteiger partial charge in [0.15, 0.2) is 5.16 Å². The molecule has 0 spiro atoms. The molecule has 1 aromatic carbocycles. The number of hydrogen-bond acceptors (Lipinski definition) is 7. The largest absolute Gasteiger partial charge is 0.281 e. The average Bonchev–Trinajstić information content (AvgIpc) is 3.14. The number of nitrogens with one attached hydrogen (secondary N) is 2. The van der Waals surface area contributed by atoms with E-state index >= 15 is 0 Å². The van der Waals surface area contributed by atoms with Crippen LogP contribution in [0, 0.1) is 20.8 Å². The van der Waals surface area contributed by atoms with E-state index in [9.17, 15) is 9.59 Å². The number of thiazole rings is 1. The molecule has 9 heteroatoms. The van der Waals surface area contributed by atoms with E-state index in [2.05, 4.69) is 32.7 Å². The highest BCUT2D eigenvalue weighted by atomic mass is 32.2. The summed E-state index contributed by atoms with van der Waals surface area (Å²) in [6, 6.07) is 9.19. The molecule has 2 amide bonds. The smallest absolute Gasteiger partial charge is 0.267 e. The van der Waals surface area contributed by atoms with Crippen molar-refractivity contribution in [2.24, 2.45) is 0 Å². The number of nitrogens with zero attached hydrogens (tertiary/aromatic N) is 3. The molecule has 0 aliphatic heterocycles. The molecule has 7 nitrogen and oxygen atoms in total. The first-order valence-corrected chi connectivity index (χ1v) is 12.3. The van der Waals surface area contributed by atoms with Gasteiger partial charge in [-0.05, 0) is 57.4 Å². The van der Waals surface area contributed by atoms with E-state index in [1.807, 2.05) is 39.0 Å². The number of carbonyl (C=O) groups is 2. The summed E-state index contributed by atoms with van der Waals surface area (Å²) in [6.45, 7) is 7.83. The molecule has 2 heterocycles. The number of rotatable bonds is 8. The van der Waals surface area contributed by atoms with E-state index < -0.39 is 0 Å². The lowest BCUT2D eigenvalue weighted by molar-refractivity contribution is 0.0848. The zero-order valence-corrected chi connectivity index (χ0v) is 20.3. The van der Waals surface area contributed by atoms with Crippen LogP contribution in [0.15, 0.2) is 35.5 Å². The molecule has 0 saturated carbocycles. The first kappa shape index (κ1) is 23.9. The van der Waals surface area contributed by atoms with E-state index in [4.69, 9.17) is 0 Å². The average molecular weight is 470 g/mol. The van der Waals surface area contributed by atoms with Gasteiger partial charge in [-0.1, -0.05) is 37.2 Å². The van der Waals surface area contributed by atoms with Gasteiger partial charge in [0.2, 0.25) is 0 Å². The molecule has 3 aromatic rings. The number of amides is 2. The molecule has 0 unspecified atom stereocenters. The Labute approximate surface area is 196 Å². The Bertz CT molecular complexity index is 1080. The van der Waals surface area contributed by atoms with Crippen molar-refractivity contribution >= 4 is 34.9 Å². The van der Waals surface area contributed by atoms with Gasteiger partial charge in [-0.2, -0.15) is 0 Å². The number of hydrazine groups is 1. The van der Waals surface area contributed by atoms with Gasteiger partial charge in [-0.15, -0.1) is 11.3 Å². The summed E-state index contributed by atoms with van der Waals surface area (Å²) in [4.78, 5) is 38.7. The Morgan fingerprint density at radius 1 is 0.969 bits per heavy atom. The first-order valence-electron chi connectivity index (χ1n) is 10.5. The molecule has 0 aliphatic rings. The fraction of sp³-hybridized carbons (Fsp3) is 0.348. The van der Waals surface area contributed by atoms with Crippen LogP contribution in [-0.4, -0.2) is 26.8 Å². The zero-order chi connectivity index (χ0) is 23.1. The molecule has 0 bridgehead atoms. The van der Waals surface area contributed by atoms with Crippen LogP contribution in [0.1, 0.15) is 67.4 Å². The van der Waals surface area contributed by atoms with Crippen molar-refractivity contribution < 1.29 is 9.59 Å². The lowest BCUT2D eigenvalue weighted by Gasteiger charge is -2.08. The predicted octanol–water partition coefficient (Wildman–Crippen LogP) is 4.57. The van der Waals surface area contributed by atoms with E-state index in [-0.39, 0.29) is 11.8 Å². The highest BCUT2D eigenvalue weighted by molar-refractivity contribution is 7.98. The summed E-state index contributed by atoms with van der Waals surface area (Å²) in [5, 5.41) is 1.68. The molecule has 0 radical (unpaired) electrons. The van der Waals surface area contributed by atoms with Gasteiger partial charge in [-0.25, -0.2) is 15.0 Å². The number of unbranched alkanes of at least 4 members (excludes halogenated alkanes) is 1. The van der Waals surface area contributed by atoms with Crippen molar-refractivity contribution in [1.82, 2.24) is 25.8 Å². The number of aromatic nitrogens is 3. The maximum Gasteiger partial charge on any atom is 0.281 e. The summed E-state index contributed by atoms with van der Waals surface area (Å²) in [6.07, 6.45) is 2.98. The van der Waals surface area contributed by atoms with E-state index in [0.717, 1.165) is 46.4 Å². The van der Waals surface area contributed by atoms with E-state index in [1.54, 1.807) is 23.9 Å². The Balaban J connectivity index is 1.52. The minimum Gasteiger partial charge on any atom is -0.267 e. The molecular formula is C23H27N5O2S2. The Hall–Kier alpha value is -2.78. The van der Waals surface area contributed by atoms with Crippen molar-refractivity contribution in [3.8, 4) is 0 Å². The summed E-state index contributed by atoms with van der Waals surface area (Å²) in [7, 11) is 0. The third kappa shape index (κ3) is 6.61. The quantitative estimate of drug-likeness (QED) is 0.285. The van der Waals surface area contributed by atoms with Crippen LogP contribution in [0.4, 0.5) is 0 Å². The van der Waals surface area contributed by atoms with Gasteiger partial charge in [-0.3, -0.25) is 20.4 Å². The van der Waals surface area contributed by atoms with Crippen molar-refractivity contribution in [1.29, 1.82) is 0 Å². The lowest BCUT2D eigenvalue weighted by Crippen LogP contribution is -2.41. The van der Waals surface area contributed by atoms with E-state index in [1.165, 1.54) is 11.3 Å². The number of benzene rings is 1. The molecular weight excluding hydrogens is 442 g/mol. The van der Waals surface area contributed by atoms with Crippen molar-refractivity contribution in [2.75, 3.05) is 0 Å². The van der Waals surface area contributed by atoms with Crippen LogP contribution < -0.4 is 10.9 Å². The fourth-order valence-electron chi connectivity index (χ4n) is 3.00. The number of thioether (sulfide) groups is 1. The SMILES string of the molecule is CCCCc1nc(C)c(C(=O)NNC(=O)c2ccc(CSc3nc(C)cc(C)n3)cc2)s1. The maximum atomic E-state index is 12.4. The lowest BCUT2D eigenvalue weighted by atomic mass is 10.1. The molecule has 3 rings (SSSR count). The molecule has 2 aromatic heterocycles. The standard InChI is InChI=1S/C23H27N5O2S2/c1-5-6-7-19-26-16(4)20(32-19)22(30)28-27-21(29)18-10-8-17(9-11-18)13-31-23-24-14(2)12-15(3)25-23/h8-12H,5-7,13H2,1-4H3,(H,27,29)(H,28,30). The Kier molecular flexibility index (Phi) is 8.35. The van der Waals surface area contributed by atoms with Crippen molar-refractivity contribution in [3.63, 3.8) is 0 Å². The summed E-state index contributed by atoms with van der Waals surface area (Å²) in [5.41, 5.74) is 9.06. The second-order valence-corrected chi connectivity index (χ2v) is 9.48. The summed E-state index contributed by atoms with van der Waals surface area (Å²) in [5.74, 6) is -0.0202. The minimum atomic E-state index is -0.372. The van der Waals surface area contributed by atoms with Crippen LogP contribution in [0.2, 0.25) is 0 Å². The van der Waals surface area contributed by atoms with Gasteiger partial charge < -0.3 is 0 Å². The van der Waals surface area contributed by atoms with Crippen molar-refractivity contribution in [2.45, 2.75) is 57.9 Å². The molecule has 0 saturated heterocycles. The summed E-state index contributed by atoms with van der Waals surface area (Å²) < 4.78 is 0. The van der Waals surface area contributed by atoms with Gasteiger partial charge in [0.25, 0.3) is 11.8 Å². The first-order chi connectivity index (χ1) is 15.4. The molecule has 0 aliphatic carbocycles. The van der Waals surface area contributed by atoms with Gasteiger partial charge >= 0.3 is 0 Å².